The van der Waals surface area contributed by atoms with Crippen LogP contribution in [0, 0.1) is 5.92 Å². The van der Waals surface area contributed by atoms with Crippen molar-refractivity contribution in [3.8, 4) is 0 Å². The van der Waals surface area contributed by atoms with Crippen LogP contribution in [0.25, 0.3) is 0 Å². The Hall–Kier alpha value is -0.690. The Balaban J connectivity index is 2.65. The molecule has 0 amide bonds. The van der Waals surface area contributed by atoms with Gasteiger partial charge in [-0.05, 0) is 25.7 Å². The molecule has 0 aromatic heterocycles. The van der Waals surface area contributed by atoms with Gasteiger partial charge in [-0.3, -0.25) is 4.90 Å². The van der Waals surface area contributed by atoms with Crippen LogP contribution in [0.15, 0.2) is 0 Å². The van der Waals surface area contributed by atoms with Crippen LogP contribution >= 0.6 is 0 Å². The van der Waals surface area contributed by atoms with E-state index in [2.05, 4.69) is 4.90 Å². The lowest BCUT2D eigenvalue weighted by molar-refractivity contribution is -0.151. The Morgan fingerprint density at radius 1 is 1.25 bits per heavy atom. The van der Waals surface area contributed by atoms with E-state index >= 15 is 0 Å². The number of nitrogens with two attached hydrogens (primary N) is 1. The SMILES string of the molecule is CCOC(=O)C(N)(CN(CCOC)CCOC)C1CC1. The summed E-state index contributed by atoms with van der Waals surface area (Å²) in [7, 11) is 3.33. The fourth-order valence-corrected chi connectivity index (χ4v) is 2.30. The molecule has 0 aromatic rings. The molecule has 0 heterocycles. The molecule has 0 bridgehead atoms. The van der Waals surface area contributed by atoms with E-state index in [1.165, 1.54) is 0 Å². The van der Waals surface area contributed by atoms with E-state index < -0.39 is 5.54 Å². The summed E-state index contributed by atoms with van der Waals surface area (Å²) in [6.07, 6.45) is 2.00. The summed E-state index contributed by atoms with van der Waals surface area (Å²) < 4.78 is 15.4. The largest absolute Gasteiger partial charge is 0.465 e. The zero-order valence-electron chi connectivity index (χ0n) is 12.9. The predicted molar refractivity (Wildman–Crippen MR) is 76.5 cm³/mol. The van der Waals surface area contributed by atoms with Gasteiger partial charge < -0.3 is 19.9 Å². The van der Waals surface area contributed by atoms with Crippen molar-refractivity contribution >= 4 is 5.97 Å². The van der Waals surface area contributed by atoms with Gasteiger partial charge in [0.1, 0.15) is 5.54 Å². The molecule has 1 aliphatic rings. The summed E-state index contributed by atoms with van der Waals surface area (Å²) in [6.45, 7) is 5.32. The maximum Gasteiger partial charge on any atom is 0.327 e. The normalized spacial score (nSPS) is 18.1. The van der Waals surface area contributed by atoms with E-state index in [0.29, 0.717) is 26.4 Å². The van der Waals surface area contributed by atoms with Crippen LogP contribution in [0.2, 0.25) is 0 Å². The molecule has 1 rings (SSSR count). The van der Waals surface area contributed by atoms with Gasteiger partial charge in [-0.1, -0.05) is 0 Å². The minimum absolute atomic E-state index is 0.231. The van der Waals surface area contributed by atoms with Gasteiger partial charge in [-0.2, -0.15) is 0 Å². The zero-order valence-corrected chi connectivity index (χ0v) is 12.9. The minimum atomic E-state index is -0.905. The number of nitrogens with zero attached hydrogens (tertiary/aromatic N) is 1. The Kier molecular flexibility index (Phi) is 7.43. The van der Waals surface area contributed by atoms with E-state index in [1.54, 1.807) is 21.1 Å². The topological polar surface area (TPSA) is 74.0 Å². The maximum atomic E-state index is 12.2. The molecule has 1 saturated carbocycles. The number of hydrogen-bond donors (Lipinski definition) is 1. The van der Waals surface area contributed by atoms with E-state index in [4.69, 9.17) is 19.9 Å². The van der Waals surface area contributed by atoms with Crippen molar-refractivity contribution in [3.05, 3.63) is 0 Å². The standard InChI is InChI=1S/C14H28N2O4/c1-4-20-13(17)14(15,12-5-6-12)11-16(7-9-18-2)8-10-19-3/h12H,4-11,15H2,1-3H3. The van der Waals surface area contributed by atoms with Crippen molar-refractivity contribution in [2.75, 3.05) is 53.7 Å². The molecular formula is C14H28N2O4. The van der Waals surface area contributed by atoms with Crippen molar-refractivity contribution in [2.45, 2.75) is 25.3 Å². The quantitative estimate of drug-likeness (QED) is 0.549. The van der Waals surface area contributed by atoms with Crippen LogP contribution < -0.4 is 5.73 Å². The van der Waals surface area contributed by atoms with Gasteiger partial charge in [0, 0.05) is 33.9 Å². The minimum Gasteiger partial charge on any atom is -0.465 e. The summed E-state index contributed by atoms with van der Waals surface area (Å²) in [6, 6.07) is 0. The van der Waals surface area contributed by atoms with Gasteiger partial charge in [0.05, 0.1) is 19.8 Å². The van der Waals surface area contributed by atoms with Gasteiger partial charge in [-0.15, -0.1) is 0 Å². The molecule has 0 radical (unpaired) electrons. The molecule has 20 heavy (non-hydrogen) atoms. The number of hydrogen-bond acceptors (Lipinski definition) is 6. The number of carbonyl (C=O) groups is 1. The molecule has 118 valence electrons. The first-order chi connectivity index (χ1) is 9.58. The number of ether oxygens (including phenoxy) is 3. The third-order valence-electron chi connectivity index (χ3n) is 3.67. The average molecular weight is 288 g/mol. The number of carbonyl (C=O) groups excluding carboxylic acids is 1. The summed E-state index contributed by atoms with van der Waals surface area (Å²) >= 11 is 0. The lowest BCUT2D eigenvalue weighted by atomic mass is 9.93. The molecule has 0 aromatic carbocycles. The van der Waals surface area contributed by atoms with Crippen LogP contribution in [0.5, 0.6) is 0 Å². The Labute approximate surface area is 121 Å². The van der Waals surface area contributed by atoms with Crippen molar-refractivity contribution in [1.82, 2.24) is 4.90 Å². The van der Waals surface area contributed by atoms with Gasteiger partial charge in [0.15, 0.2) is 0 Å². The maximum absolute atomic E-state index is 12.2. The average Bonchev–Trinajstić information content (AvgIpc) is 3.26. The number of methoxy groups -OCH3 is 2. The summed E-state index contributed by atoms with van der Waals surface area (Å²) in [5, 5.41) is 0. The summed E-state index contributed by atoms with van der Waals surface area (Å²) in [5.41, 5.74) is 5.47. The molecule has 1 fully saturated rings. The highest BCUT2D eigenvalue weighted by atomic mass is 16.5. The van der Waals surface area contributed by atoms with Gasteiger partial charge in [-0.25, -0.2) is 4.79 Å². The molecule has 1 aliphatic carbocycles. The van der Waals surface area contributed by atoms with Crippen LogP contribution in [0.3, 0.4) is 0 Å². The summed E-state index contributed by atoms with van der Waals surface area (Å²) in [5.74, 6) is -0.0588. The van der Waals surface area contributed by atoms with Crippen molar-refractivity contribution < 1.29 is 19.0 Å². The zero-order chi connectivity index (χ0) is 15.0. The fourth-order valence-electron chi connectivity index (χ4n) is 2.30. The molecule has 6 heteroatoms. The Morgan fingerprint density at radius 2 is 1.80 bits per heavy atom. The van der Waals surface area contributed by atoms with Gasteiger partial charge in [0.25, 0.3) is 0 Å². The molecule has 2 N–H and O–H groups in total. The van der Waals surface area contributed by atoms with Crippen LogP contribution in [0.4, 0.5) is 0 Å². The van der Waals surface area contributed by atoms with E-state index in [-0.39, 0.29) is 11.9 Å². The highest BCUT2D eigenvalue weighted by Gasteiger charge is 2.49. The van der Waals surface area contributed by atoms with E-state index in [9.17, 15) is 4.79 Å². The Bertz CT molecular complexity index is 289. The second-order valence-electron chi connectivity index (χ2n) is 5.30. The predicted octanol–water partition coefficient (Wildman–Crippen LogP) is 0.252. The second-order valence-corrected chi connectivity index (χ2v) is 5.30. The van der Waals surface area contributed by atoms with Gasteiger partial charge in [0.2, 0.25) is 0 Å². The van der Waals surface area contributed by atoms with Crippen LogP contribution in [0.1, 0.15) is 19.8 Å². The van der Waals surface area contributed by atoms with E-state index in [1.807, 2.05) is 0 Å². The van der Waals surface area contributed by atoms with Crippen molar-refractivity contribution in [2.24, 2.45) is 11.7 Å². The lowest BCUT2D eigenvalue weighted by Gasteiger charge is -2.33. The lowest BCUT2D eigenvalue weighted by Crippen LogP contribution is -2.59. The first kappa shape index (κ1) is 17.4. The highest BCUT2D eigenvalue weighted by Crippen LogP contribution is 2.39. The van der Waals surface area contributed by atoms with E-state index in [0.717, 1.165) is 25.9 Å². The summed E-state index contributed by atoms with van der Waals surface area (Å²) in [4.78, 5) is 14.3. The molecular weight excluding hydrogens is 260 g/mol. The molecule has 0 spiro atoms. The van der Waals surface area contributed by atoms with Crippen molar-refractivity contribution in [1.29, 1.82) is 0 Å². The molecule has 1 atom stereocenters. The molecule has 0 saturated heterocycles. The monoisotopic (exact) mass is 288 g/mol. The third-order valence-corrected chi connectivity index (χ3v) is 3.67. The van der Waals surface area contributed by atoms with Gasteiger partial charge >= 0.3 is 5.97 Å². The van der Waals surface area contributed by atoms with Crippen LogP contribution in [-0.2, 0) is 19.0 Å². The second kappa shape index (κ2) is 8.56. The first-order valence-electron chi connectivity index (χ1n) is 7.24. The molecule has 6 nitrogen and oxygen atoms in total. The first-order valence-corrected chi connectivity index (χ1v) is 7.24. The van der Waals surface area contributed by atoms with Crippen molar-refractivity contribution in [3.63, 3.8) is 0 Å². The third kappa shape index (κ3) is 5.01. The molecule has 1 unspecified atom stereocenters. The Morgan fingerprint density at radius 3 is 2.20 bits per heavy atom. The smallest absolute Gasteiger partial charge is 0.327 e. The number of rotatable bonds is 11. The molecule has 0 aliphatic heterocycles. The number of esters is 1. The highest BCUT2D eigenvalue weighted by molar-refractivity contribution is 5.82. The van der Waals surface area contributed by atoms with Crippen LogP contribution in [-0.4, -0.2) is 70.1 Å². The fraction of sp³-hybridized carbons (Fsp3) is 0.929.